The molecule has 2 fully saturated rings. The first kappa shape index (κ1) is 19.0. The standard InChI is InChI=1S/C22H25BClN5/c23-18-14-26-29-21(12-20(27-22(18)29)17-6-1-2-7-19(17)24)25-13-15-8-10-28(11-9-15)16-4-3-5-16/h1-2,6-7,12,14-16,25H,3-5,8-11,13H2. The first-order chi connectivity index (χ1) is 14.2. The summed E-state index contributed by atoms with van der Waals surface area (Å²) in [6.07, 6.45) is 8.34. The van der Waals surface area contributed by atoms with Gasteiger partial charge in [-0.1, -0.05) is 36.2 Å². The van der Waals surface area contributed by atoms with Gasteiger partial charge in [0.05, 0.1) is 5.69 Å². The Morgan fingerprint density at radius 1 is 1.14 bits per heavy atom. The zero-order valence-corrected chi connectivity index (χ0v) is 17.3. The van der Waals surface area contributed by atoms with E-state index in [-0.39, 0.29) is 0 Å². The molecule has 7 heteroatoms. The molecule has 0 amide bonds. The lowest BCUT2D eigenvalue weighted by Gasteiger charge is -2.41. The van der Waals surface area contributed by atoms with E-state index in [0.717, 1.165) is 29.7 Å². The Hall–Kier alpha value is -2.05. The molecule has 1 saturated heterocycles. The maximum Gasteiger partial charge on any atom is 0.150 e. The molecule has 1 aliphatic carbocycles. The number of likely N-dealkylation sites (tertiary alicyclic amines) is 1. The molecule has 0 unspecified atom stereocenters. The average molecular weight is 406 g/mol. The number of hydrogen-bond donors (Lipinski definition) is 1. The molecule has 1 aromatic carbocycles. The molecule has 148 valence electrons. The lowest BCUT2D eigenvalue weighted by molar-refractivity contribution is 0.0871. The highest BCUT2D eigenvalue weighted by atomic mass is 35.5. The second kappa shape index (κ2) is 8.00. The van der Waals surface area contributed by atoms with Crippen LogP contribution in [0.4, 0.5) is 5.82 Å². The van der Waals surface area contributed by atoms with E-state index in [2.05, 4.69) is 15.3 Å². The van der Waals surface area contributed by atoms with Gasteiger partial charge in [0.15, 0.2) is 5.65 Å². The van der Waals surface area contributed by atoms with E-state index in [9.17, 15) is 0 Å². The van der Waals surface area contributed by atoms with E-state index in [0.29, 0.717) is 22.1 Å². The molecule has 1 aliphatic heterocycles. The molecule has 2 aliphatic rings. The van der Waals surface area contributed by atoms with Crippen LogP contribution >= 0.6 is 11.6 Å². The Kier molecular flexibility index (Phi) is 5.23. The van der Waals surface area contributed by atoms with Crippen LogP contribution in [0.15, 0.2) is 36.5 Å². The monoisotopic (exact) mass is 405 g/mol. The Balaban J connectivity index is 1.35. The van der Waals surface area contributed by atoms with Gasteiger partial charge in [0, 0.05) is 35.4 Å². The van der Waals surface area contributed by atoms with Gasteiger partial charge in [-0.3, -0.25) is 0 Å². The summed E-state index contributed by atoms with van der Waals surface area (Å²) >= 11 is 6.41. The normalized spacial score (nSPS) is 18.8. The van der Waals surface area contributed by atoms with E-state index in [1.165, 1.54) is 45.2 Å². The van der Waals surface area contributed by atoms with Crippen molar-refractivity contribution < 1.29 is 0 Å². The van der Waals surface area contributed by atoms with Gasteiger partial charge in [-0.05, 0) is 56.2 Å². The van der Waals surface area contributed by atoms with Gasteiger partial charge >= 0.3 is 0 Å². The molecule has 2 radical (unpaired) electrons. The minimum Gasteiger partial charge on any atom is -0.370 e. The highest BCUT2D eigenvalue weighted by Gasteiger charge is 2.28. The third-order valence-corrected chi connectivity index (χ3v) is 6.79. The van der Waals surface area contributed by atoms with Gasteiger partial charge in [-0.15, -0.1) is 0 Å². The van der Waals surface area contributed by atoms with Crippen LogP contribution in [-0.2, 0) is 0 Å². The summed E-state index contributed by atoms with van der Waals surface area (Å²) in [6.45, 7) is 3.38. The van der Waals surface area contributed by atoms with Crippen molar-refractivity contribution in [1.29, 1.82) is 0 Å². The zero-order valence-electron chi connectivity index (χ0n) is 16.5. The van der Waals surface area contributed by atoms with Crippen molar-refractivity contribution in [2.24, 2.45) is 5.92 Å². The van der Waals surface area contributed by atoms with Crippen LogP contribution in [0, 0.1) is 5.92 Å². The first-order valence-electron chi connectivity index (χ1n) is 10.6. The second-order valence-corrected chi connectivity index (χ2v) is 8.69. The SMILES string of the molecule is [B]c1cnn2c(NCC3CCN(C4CCC4)CC3)cc(-c3ccccc3Cl)nc12. The van der Waals surface area contributed by atoms with Crippen LogP contribution < -0.4 is 10.8 Å². The number of rotatable bonds is 5. The van der Waals surface area contributed by atoms with Crippen molar-refractivity contribution in [2.45, 2.75) is 38.1 Å². The fraction of sp³-hybridized carbons (Fsp3) is 0.455. The van der Waals surface area contributed by atoms with E-state index < -0.39 is 0 Å². The van der Waals surface area contributed by atoms with Gasteiger partial charge in [-0.2, -0.15) is 9.61 Å². The zero-order chi connectivity index (χ0) is 19.8. The van der Waals surface area contributed by atoms with E-state index in [1.54, 1.807) is 10.7 Å². The lowest BCUT2D eigenvalue weighted by atomic mass is 9.88. The topological polar surface area (TPSA) is 45.5 Å². The second-order valence-electron chi connectivity index (χ2n) is 8.29. The third kappa shape index (κ3) is 3.76. The number of anilines is 1. The Bertz CT molecular complexity index is 1010. The highest BCUT2D eigenvalue weighted by molar-refractivity contribution is 6.36. The smallest absolute Gasteiger partial charge is 0.150 e. The quantitative estimate of drug-likeness (QED) is 0.660. The molecule has 1 saturated carbocycles. The molecule has 5 nitrogen and oxygen atoms in total. The molecule has 1 N–H and O–H groups in total. The Labute approximate surface area is 177 Å². The first-order valence-corrected chi connectivity index (χ1v) is 10.9. The summed E-state index contributed by atoms with van der Waals surface area (Å²) < 4.78 is 1.79. The maximum absolute atomic E-state index is 6.41. The van der Waals surface area contributed by atoms with E-state index >= 15 is 0 Å². The number of halogens is 1. The molecule has 2 aromatic heterocycles. The van der Waals surface area contributed by atoms with Crippen molar-refractivity contribution >= 4 is 36.4 Å². The minimum atomic E-state index is 0.566. The number of nitrogens with one attached hydrogen (secondary N) is 1. The average Bonchev–Trinajstić information content (AvgIpc) is 3.07. The Morgan fingerprint density at radius 3 is 2.66 bits per heavy atom. The van der Waals surface area contributed by atoms with Crippen molar-refractivity contribution in [2.75, 3.05) is 25.0 Å². The van der Waals surface area contributed by atoms with Gasteiger partial charge in [0.1, 0.15) is 13.7 Å². The lowest BCUT2D eigenvalue weighted by Crippen LogP contribution is -2.45. The van der Waals surface area contributed by atoms with Gasteiger partial charge in [-0.25, -0.2) is 4.98 Å². The van der Waals surface area contributed by atoms with Crippen LogP contribution in [0.1, 0.15) is 32.1 Å². The highest BCUT2D eigenvalue weighted by Crippen LogP contribution is 2.30. The summed E-state index contributed by atoms with van der Waals surface area (Å²) in [4.78, 5) is 7.40. The fourth-order valence-electron chi connectivity index (χ4n) is 4.44. The number of nitrogens with zero attached hydrogens (tertiary/aromatic N) is 4. The molecule has 0 atom stereocenters. The molecule has 5 rings (SSSR count). The van der Waals surface area contributed by atoms with Crippen LogP contribution in [0.3, 0.4) is 0 Å². The molecule has 0 bridgehead atoms. The Morgan fingerprint density at radius 2 is 1.93 bits per heavy atom. The van der Waals surface area contributed by atoms with Crippen LogP contribution in [0.2, 0.25) is 5.02 Å². The van der Waals surface area contributed by atoms with E-state index in [4.69, 9.17) is 24.4 Å². The summed E-state index contributed by atoms with van der Waals surface area (Å²) in [5, 5.41) is 8.71. The van der Waals surface area contributed by atoms with Crippen LogP contribution in [0.25, 0.3) is 16.9 Å². The number of hydrogen-bond acceptors (Lipinski definition) is 4. The van der Waals surface area contributed by atoms with Gasteiger partial charge in [0.25, 0.3) is 0 Å². The molecule has 3 heterocycles. The summed E-state index contributed by atoms with van der Waals surface area (Å²) in [7, 11) is 6.12. The van der Waals surface area contributed by atoms with Crippen LogP contribution in [0.5, 0.6) is 0 Å². The van der Waals surface area contributed by atoms with Crippen molar-refractivity contribution in [3.05, 3.63) is 41.6 Å². The van der Waals surface area contributed by atoms with Gasteiger partial charge < -0.3 is 10.2 Å². The predicted molar refractivity (Wildman–Crippen MR) is 119 cm³/mol. The number of benzene rings is 1. The van der Waals surface area contributed by atoms with Crippen molar-refractivity contribution in [1.82, 2.24) is 19.5 Å². The molecule has 0 spiro atoms. The summed E-state index contributed by atoms with van der Waals surface area (Å²) in [5.41, 5.74) is 2.92. The molecule has 3 aromatic rings. The van der Waals surface area contributed by atoms with Crippen molar-refractivity contribution in [3.63, 3.8) is 0 Å². The predicted octanol–water partition coefficient (Wildman–Crippen LogP) is 3.52. The maximum atomic E-state index is 6.41. The van der Waals surface area contributed by atoms with Gasteiger partial charge in [0.2, 0.25) is 0 Å². The fourth-order valence-corrected chi connectivity index (χ4v) is 4.67. The molecular formula is C22H25BClN5. The van der Waals surface area contributed by atoms with Crippen LogP contribution in [-0.4, -0.2) is 53.0 Å². The summed E-state index contributed by atoms with van der Waals surface area (Å²) in [6, 6.07) is 10.6. The third-order valence-electron chi connectivity index (χ3n) is 6.46. The number of aromatic nitrogens is 3. The molecule has 29 heavy (non-hydrogen) atoms. The van der Waals surface area contributed by atoms with Crippen molar-refractivity contribution in [3.8, 4) is 11.3 Å². The number of piperidine rings is 1. The summed E-state index contributed by atoms with van der Waals surface area (Å²) in [5.74, 6) is 1.58. The number of fused-ring (bicyclic) bond motifs is 1. The minimum absolute atomic E-state index is 0.566. The molecular weight excluding hydrogens is 381 g/mol. The van der Waals surface area contributed by atoms with E-state index in [1.807, 2.05) is 30.3 Å². The largest absolute Gasteiger partial charge is 0.370 e.